The number of carbonyl (C=O) groups is 1. The molecule has 0 rings (SSSR count). The van der Waals surface area contributed by atoms with E-state index in [-0.39, 0.29) is 5.91 Å². The molecular formula is C20H37NO2. The van der Waals surface area contributed by atoms with Gasteiger partial charge in [-0.3, -0.25) is 4.79 Å². The highest BCUT2D eigenvalue weighted by molar-refractivity contribution is 5.75. The van der Waals surface area contributed by atoms with E-state index < -0.39 is 6.23 Å². The molecule has 0 aromatic heterocycles. The van der Waals surface area contributed by atoms with Gasteiger partial charge in [-0.25, -0.2) is 0 Å². The van der Waals surface area contributed by atoms with Crippen LogP contribution in [0.2, 0.25) is 0 Å². The van der Waals surface area contributed by atoms with E-state index in [1.165, 1.54) is 44.9 Å². The Balaban J connectivity index is 3.26. The van der Waals surface area contributed by atoms with Crippen LogP contribution < -0.4 is 5.32 Å². The van der Waals surface area contributed by atoms with Crippen LogP contribution >= 0.6 is 0 Å². The molecule has 0 bridgehead atoms. The second-order valence-corrected chi connectivity index (χ2v) is 6.22. The summed E-state index contributed by atoms with van der Waals surface area (Å²) in [5.74, 6) is -0.0503. The summed E-state index contributed by atoms with van der Waals surface area (Å²) in [5, 5.41) is 11.5. The molecule has 0 saturated heterocycles. The maximum Gasteiger partial charge on any atom is 0.221 e. The van der Waals surface area contributed by atoms with Gasteiger partial charge in [0.1, 0.15) is 6.23 Å². The van der Waals surface area contributed by atoms with Crippen LogP contribution in [0.15, 0.2) is 24.3 Å². The Hall–Kier alpha value is -1.09. The van der Waals surface area contributed by atoms with Gasteiger partial charge in [0.25, 0.3) is 0 Å². The average Bonchev–Trinajstić information content (AvgIpc) is 2.50. The highest BCUT2D eigenvalue weighted by Gasteiger charge is 2.02. The summed E-state index contributed by atoms with van der Waals surface area (Å²) in [5.41, 5.74) is 0. The quantitative estimate of drug-likeness (QED) is 0.245. The molecule has 0 spiro atoms. The molecule has 0 aliphatic carbocycles. The van der Waals surface area contributed by atoms with E-state index in [1.807, 2.05) is 0 Å². The van der Waals surface area contributed by atoms with Crippen molar-refractivity contribution in [2.45, 2.75) is 97.1 Å². The average molecular weight is 324 g/mol. The molecule has 1 atom stereocenters. The molecule has 3 heteroatoms. The van der Waals surface area contributed by atoms with Gasteiger partial charge in [-0.05, 0) is 45.4 Å². The van der Waals surface area contributed by atoms with E-state index in [2.05, 4.69) is 36.5 Å². The molecule has 23 heavy (non-hydrogen) atoms. The zero-order valence-corrected chi connectivity index (χ0v) is 15.2. The number of nitrogens with one attached hydrogen (secondary N) is 1. The zero-order chi connectivity index (χ0) is 17.2. The van der Waals surface area contributed by atoms with Crippen LogP contribution in [0.25, 0.3) is 0 Å². The molecular weight excluding hydrogens is 286 g/mol. The first-order chi connectivity index (χ1) is 11.2. The Labute approximate surface area is 143 Å². The van der Waals surface area contributed by atoms with Gasteiger partial charge in [-0.2, -0.15) is 0 Å². The molecule has 2 N–H and O–H groups in total. The maximum absolute atomic E-state index is 11.3. The van der Waals surface area contributed by atoms with Crippen molar-refractivity contribution in [1.29, 1.82) is 0 Å². The molecule has 1 amide bonds. The third-order valence-corrected chi connectivity index (χ3v) is 3.72. The number of aliphatic hydroxyl groups excluding tert-OH is 1. The van der Waals surface area contributed by atoms with Crippen molar-refractivity contribution in [1.82, 2.24) is 5.32 Å². The van der Waals surface area contributed by atoms with Crippen LogP contribution in [0.5, 0.6) is 0 Å². The van der Waals surface area contributed by atoms with Gasteiger partial charge in [0.15, 0.2) is 0 Å². The summed E-state index contributed by atoms with van der Waals surface area (Å²) in [6.45, 7) is 3.80. The van der Waals surface area contributed by atoms with E-state index in [9.17, 15) is 4.79 Å². The van der Waals surface area contributed by atoms with Gasteiger partial charge in [-0.1, -0.05) is 63.3 Å². The molecule has 0 radical (unpaired) electrons. The summed E-state index contributed by atoms with van der Waals surface area (Å²) in [7, 11) is 0. The monoisotopic (exact) mass is 323 g/mol. The van der Waals surface area contributed by atoms with Crippen molar-refractivity contribution in [3.05, 3.63) is 24.3 Å². The molecule has 0 aliphatic rings. The topological polar surface area (TPSA) is 49.3 Å². The van der Waals surface area contributed by atoms with E-state index in [1.54, 1.807) is 6.92 Å². The minimum absolute atomic E-state index is 0.0503. The van der Waals surface area contributed by atoms with E-state index in [0.29, 0.717) is 6.42 Å². The van der Waals surface area contributed by atoms with Gasteiger partial charge in [0, 0.05) is 6.42 Å². The van der Waals surface area contributed by atoms with Crippen molar-refractivity contribution in [3.63, 3.8) is 0 Å². The Kier molecular flexibility index (Phi) is 16.4. The fraction of sp³-hybridized carbons (Fsp3) is 0.750. The van der Waals surface area contributed by atoms with Crippen molar-refractivity contribution in [3.8, 4) is 0 Å². The van der Waals surface area contributed by atoms with Gasteiger partial charge >= 0.3 is 0 Å². The first-order valence-corrected chi connectivity index (χ1v) is 9.44. The van der Waals surface area contributed by atoms with Crippen LogP contribution in [-0.4, -0.2) is 17.2 Å². The van der Waals surface area contributed by atoms with Crippen molar-refractivity contribution >= 4 is 5.91 Å². The van der Waals surface area contributed by atoms with Crippen LogP contribution in [0, 0.1) is 0 Å². The first-order valence-electron chi connectivity index (χ1n) is 9.44. The van der Waals surface area contributed by atoms with Gasteiger partial charge < -0.3 is 10.4 Å². The summed E-state index contributed by atoms with van der Waals surface area (Å²) >= 11 is 0. The number of amides is 1. The minimum atomic E-state index is -0.736. The highest BCUT2D eigenvalue weighted by Crippen LogP contribution is 2.08. The molecule has 134 valence electrons. The van der Waals surface area contributed by atoms with Gasteiger partial charge in [0.05, 0.1) is 0 Å². The van der Waals surface area contributed by atoms with Crippen molar-refractivity contribution < 1.29 is 9.90 Å². The lowest BCUT2D eigenvalue weighted by Crippen LogP contribution is -2.31. The smallest absolute Gasteiger partial charge is 0.221 e. The van der Waals surface area contributed by atoms with E-state index >= 15 is 0 Å². The summed E-state index contributed by atoms with van der Waals surface area (Å²) in [6.07, 6.45) is 21.9. The first kappa shape index (κ1) is 21.9. The minimum Gasteiger partial charge on any atom is -0.374 e. The number of allylic oxidation sites excluding steroid dienone is 4. The lowest BCUT2D eigenvalue weighted by atomic mass is 10.1. The summed E-state index contributed by atoms with van der Waals surface area (Å²) in [6, 6.07) is 0. The third-order valence-electron chi connectivity index (χ3n) is 3.72. The Morgan fingerprint density at radius 1 is 0.913 bits per heavy atom. The normalized spacial score (nSPS) is 13.0. The highest BCUT2D eigenvalue weighted by atomic mass is 16.3. The van der Waals surface area contributed by atoms with Crippen LogP contribution in [0.1, 0.15) is 90.9 Å². The molecule has 1 unspecified atom stereocenters. The predicted molar refractivity (Wildman–Crippen MR) is 99.2 cm³/mol. The molecule has 0 saturated carbocycles. The molecule has 3 nitrogen and oxygen atoms in total. The molecule has 0 aliphatic heterocycles. The standard InChI is InChI=1S/C20H37NO2/c1-3-4-5-6-7-8-9-10-11-12-13-14-15-16-17-18-20(23)21-19(2)22/h7-8,10-11,19,22H,3-6,9,12-18H2,1-2H3,(H,21,23)/b8-7-,11-10-. The number of carbonyl (C=O) groups excluding carboxylic acids is 1. The fourth-order valence-corrected chi connectivity index (χ4v) is 2.40. The predicted octanol–water partition coefficient (Wildman–Crippen LogP) is 5.25. The Morgan fingerprint density at radius 3 is 2.09 bits per heavy atom. The van der Waals surface area contributed by atoms with Crippen LogP contribution in [0.3, 0.4) is 0 Å². The SMILES string of the molecule is CCCCC/C=C\C/C=C\CCCCCCCC(=O)NC(C)O. The van der Waals surface area contributed by atoms with E-state index in [4.69, 9.17) is 5.11 Å². The van der Waals surface area contributed by atoms with E-state index in [0.717, 1.165) is 25.7 Å². The van der Waals surface area contributed by atoms with Gasteiger partial charge in [-0.15, -0.1) is 0 Å². The number of aliphatic hydroxyl groups is 1. The third kappa shape index (κ3) is 18.9. The lowest BCUT2D eigenvalue weighted by Gasteiger charge is -2.06. The Bertz CT molecular complexity index is 322. The summed E-state index contributed by atoms with van der Waals surface area (Å²) in [4.78, 5) is 11.3. The zero-order valence-electron chi connectivity index (χ0n) is 15.2. The molecule has 0 aromatic carbocycles. The molecule has 0 fully saturated rings. The second-order valence-electron chi connectivity index (χ2n) is 6.22. The number of hydrogen-bond donors (Lipinski definition) is 2. The molecule has 0 heterocycles. The van der Waals surface area contributed by atoms with Crippen molar-refractivity contribution in [2.75, 3.05) is 0 Å². The fourth-order valence-electron chi connectivity index (χ4n) is 2.40. The van der Waals surface area contributed by atoms with Gasteiger partial charge in [0.2, 0.25) is 5.91 Å². The number of rotatable bonds is 15. The Morgan fingerprint density at radius 2 is 1.48 bits per heavy atom. The number of unbranched alkanes of at least 4 members (excludes halogenated alkanes) is 8. The maximum atomic E-state index is 11.3. The van der Waals surface area contributed by atoms with Crippen LogP contribution in [0.4, 0.5) is 0 Å². The summed E-state index contributed by atoms with van der Waals surface area (Å²) < 4.78 is 0. The van der Waals surface area contributed by atoms with Crippen LogP contribution in [-0.2, 0) is 4.79 Å². The van der Waals surface area contributed by atoms with Crippen molar-refractivity contribution in [2.24, 2.45) is 0 Å². The largest absolute Gasteiger partial charge is 0.374 e. The second kappa shape index (κ2) is 17.3. The number of hydrogen-bond acceptors (Lipinski definition) is 2. The lowest BCUT2D eigenvalue weighted by molar-refractivity contribution is -0.123. The molecule has 0 aromatic rings.